The maximum atomic E-state index is 6.45. The molecule has 3 aromatic rings. The summed E-state index contributed by atoms with van der Waals surface area (Å²) in [6.07, 6.45) is 0. The largest absolute Gasteiger partial charge is 0.497 e. The van der Waals surface area contributed by atoms with Crippen molar-refractivity contribution in [2.24, 2.45) is 5.73 Å². The van der Waals surface area contributed by atoms with Crippen molar-refractivity contribution in [3.8, 4) is 11.8 Å². The van der Waals surface area contributed by atoms with Crippen LogP contribution in [0.25, 0.3) is 10.9 Å². The Kier molecular flexibility index (Phi) is 4.39. The van der Waals surface area contributed by atoms with Crippen molar-refractivity contribution in [3.05, 3.63) is 59.8 Å². The van der Waals surface area contributed by atoms with Crippen LogP contribution in [0.4, 0.5) is 0 Å². The highest BCUT2D eigenvalue weighted by Crippen LogP contribution is 2.27. The van der Waals surface area contributed by atoms with Crippen molar-refractivity contribution in [2.75, 3.05) is 13.7 Å². The van der Waals surface area contributed by atoms with E-state index in [1.165, 1.54) is 0 Å². The monoisotopic (exact) mass is 309 g/mol. The van der Waals surface area contributed by atoms with Crippen LogP contribution >= 0.6 is 0 Å². The van der Waals surface area contributed by atoms with E-state index in [1.54, 1.807) is 7.11 Å². The number of rotatable bonds is 5. The Bertz CT molecular complexity index is 803. The van der Waals surface area contributed by atoms with Gasteiger partial charge in [-0.25, -0.2) is 0 Å². The minimum absolute atomic E-state index is 0.352. The van der Waals surface area contributed by atoms with E-state index in [0.29, 0.717) is 12.6 Å². The van der Waals surface area contributed by atoms with Gasteiger partial charge in [0.05, 0.1) is 31.0 Å². The number of nitrogens with two attached hydrogens (primary N) is 1. The lowest BCUT2D eigenvalue weighted by Gasteiger charge is -2.15. The molecule has 5 heteroatoms. The quantitative estimate of drug-likeness (QED) is 0.784. The van der Waals surface area contributed by atoms with E-state index in [4.69, 9.17) is 15.2 Å². The van der Waals surface area contributed by atoms with Crippen LogP contribution in [0.5, 0.6) is 11.8 Å². The standard InChI is InChI=1S/C18H19N3O2/c1-3-23-18-20-15-7-5-4-6-14(15)17(21-18)16(19)12-8-10-13(22-2)11-9-12/h4-11,16H,3,19H2,1-2H3. The fourth-order valence-corrected chi connectivity index (χ4v) is 2.48. The van der Waals surface area contributed by atoms with Crippen molar-refractivity contribution in [2.45, 2.75) is 13.0 Å². The van der Waals surface area contributed by atoms with E-state index in [1.807, 2.05) is 55.5 Å². The average molecular weight is 309 g/mol. The molecule has 2 aromatic carbocycles. The van der Waals surface area contributed by atoms with Gasteiger partial charge in [0.15, 0.2) is 0 Å². The predicted octanol–water partition coefficient (Wildman–Crippen LogP) is 3.09. The molecule has 0 spiro atoms. The van der Waals surface area contributed by atoms with Crippen molar-refractivity contribution in [1.82, 2.24) is 9.97 Å². The van der Waals surface area contributed by atoms with Gasteiger partial charge in [0, 0.05) is 5.39 Å². The number of hydrogen-bond donors (Lipinski definition) is 1. The Morgan fingerprint density at radius 2 is 1.78 bits per heavy atom. The molecular weight excluding hydrogens is 290 g/mol. The maximum Gasteiger partial charge on any atom is 0.317 e. The summed E-state index contributed by atoms with van der Waals surface area (Å²) in [5.74, 6) is 0.795. The Balaban J connectivity index is 2.08. The fraction of sp³-hybridized carbons (Fsp3) is 0.222. The second kappa shape index (κ2) is 6.62. The lowest BCUT2D eigenvalue weighted by Crippen LogP contribution is -2.15. The predicted molar refractivity (Wildman–Crippen MR) is 89.7 cm³/mol. The Morgan fingerprint density at radius 3 is 2.48 bits per heavy atom. The van der Waals surface area contributed by atoms with E-state index in [0.717, 1.165) is 27.9 Å². The van der Waals surface area contributed by atoms with Gasteiger partial charge in [-0.3, -0.25) is 0 Å². The maximum absolute atomic E-state index is 6.45. The highest BCUT2D eigenvalue weighted by molar-refractivity contribution is 5.82. The summed E-state index contributed by atoms with van der Waals surface area (Å²) in [5, 5.41) is 0.930. The smallest absolute Gasteiger partial charge is 0.317 e. The average Bonchev–Trinajstić information content (AvgIpc) is 2.61. The fourth-order valence-electron chi connectivity index (χ4n) is 2.48. The Labute approximate surface area is 135 Å². The third-order valence-corrected chi connectivity index (χ3v) is 3.66. The second-order valence-corrected chi connectivity index (χ2v) is 5.09. The molecule has 0 saturated heterocycles. The van der Waals surface area contributed by atoms with Crippen LogP contribution in [0, 0.1) is 0 Å². The van der Waals surface area contributed by atoms with Crippen LogP contribution in [-0.4, -0.2) is 23.7 Å². The summed E-state index contributed by atoms with van der Waals surface area (Å²) >= 11 is 0. The van der Waals surface area contributed by atoms with Crippen LogP contribution in [0.3, 0.4) is 0 Å². The summed E-state index contributed by atoms with van der Waals surface area (Å²) in [4.78, 5) is 8.94. The molecule has 5 nitrogen and oxygen atoms in total. The van der Waals surface area contributed by atoms with Gasteiger partial charge in [-0.15, -0.1) is 0 Å². The third kappa shape index (κ3) is 3.10. The molecule has 1 aromatic heterocycles. The topological polar surface area (TPSA) is 70.3 Å². The van der Waals surface area contributed by atoms with Crippen LogP contribution in [-0.2, 0) is 0 Å². The first kappa shape index (κ1) is 15.2. The number of benzene rings is 2. The summed E-state index contributed by atoms with van der Waals surface area (Å²) < 4.78 is 10.7. The second-order valence-electron chi connectivity index (χ2n) is 5.09. The lowest BCUT2D eigenvalue weighted by atomic mass is 10.0. The normalized spacial score (nSPS) is 12.1. The molecule has 0 aliphatic carbocycles. The van der Waals surface area contributed by atoms with E-state index < -0.39 is 0 Å². The molecule has 0 fully saturated rings. The first-order valence-corrected chi connectivity index (χ1v) is 7.52. The van der Waals surface area contributed by atoms with Crippen molar-refractivity contribution in [3.63, 3.8) is 0 Å². The van der Waals surface area contributed by atoms with Gasteiger partial charge in [-0.1, -0.05) is 30.3 Å². The van der Waals surface area contributed by atoms with Gasteiger partial charge in [0.2, 0.25) is 0 Å². The first-order chi connectivity index (χ1) is 11.2. The van der Waals surface area contributed by atoms with Gasteiger partial charge in [0.25, 0.3) is 0 Å². The molecule has 23 heavy (non-hydrogen) atoms. The van der Waals surface area contributed by atoms with Crippen molar-refractivity contribution < 1.29 is 9.47 Å². The molecule has 1 atom stereocenters. The summed E-state index contributed by atoms with van der Waals surface area (Å²) in [6, 6.07) is 15.5. The molecule has 1 unspecified atom stereocenters. The molecule has 0 aliphatic heterocycles. The van der Waals surface area contributed by atoms with Gasteiger partial charge in [-0.05, 0) is 30.7 Å². The molecular formula is C18H19N3O2. The number of para-hydroxylation sites is 1. The number of ether oxygens (including phenoxy) is 2. The summed E-state index contributed by atoms with van der Waals surface area (Å²) in [7, 11) is 1.64. The Morgan fingerprint density at radius 1 is 1.04 bits per heavy atom. The molecule has 2 N–H and O–H groups in total. The minimum atomic E-state index is -0.368. The summed E-state index contributed by atoms with van der Waals surface area (Å²) in [6.45, 7) is 2.41. The highest BCUT2D eigenvalue weighted by Gasteiger charge is 2.16. The molecule has 3 rings (SSSR count). The summed E-state index contributed by atoms with van der Waals surface area (Å²) in [5.41, 5.74) is 8.99. The van der Waals surface area contributed by atoms with E-state index in [9.17, 15) is 0 Å². The van der Waals surface area contributed by atoms with Crippen LogP contribution in [0.15, 0.2) is 48.5 Å². The number of methoxy groups -OCH3 is 1. The van der Waals surface area contributed by atoms with Gasteiger partial charge in [-0.2, -0.15) is 9.97 Å². The molecule has 0 radical (unpaired) electrons. The van der Waals surface area contributed by atoms with Crippen molar-refractivity contribution >= 4 is 10.9 Å². The molecule has 0 amide bonds. The van der Waals surface area contributed by atoms with E-state index in [-0.39, 0.29) is 6.04 Å². The molecule has 118 valence electrons. The number of fused-ring (bicyclic) bond motifs is 1. The zero-order valence-corrected chi connectivity index (χ0v) is 13.2. The van der Waals surface area contributed by atoms with E-state index >= 15 is 0 Å². The zero-order chi connectivity index (χ0) is 16.2. The van der Waals surface area contributed by atoms with Gasteiger partial charge >= 0.3 is 6.01 Å². The van der Waals surface area contributed by atoms with Gasteiger partial charge < -0.3 is 15.2 Å². The lowest BCUT2D eigenvalue weighted by molar-refractivity contribution is 0.312. The Hall–Kier alpha value is -2.66. The SMILES string of the molecule is CCOc1nc(C(N)c2ccc(OC)cc2)c2ccccc2n1. The molecule has 0 aliphatic rings. The third-order valence-electron chi connectivity index (χ3n) is 3.66. The number of nitrogens with zero attached hydrogens (tertiary/aromatic N) is 2. The van der Waals surface area contributed by atoms with Crippen LogP contribution in [0.2, 0.25) is 0 Å². The number of hydrogen-bond acceptors (Lipinski definition) is 5. The molecule has 0 bridgehead atoms. The zero-order valence-electron chi connectivity index (χ0n) is 13.2. The van der Waals surface area contributed by atoms with Gasteiger partial charge in [0.1, 0.15) is 5.75 Å². The minimum Gasteiger partial charge on any atom is -0.497 e. The van der Waals surface area contributed by atoms with Crippen LogP contribution < -0.4 is 15.2 Å². The number of aromatic nitrogens is 2. The molecule has 0 saturated carbocycles. The first-order valence-electron chi connectivity index (χ1n) is 7.52. The molecule has 1 heterocycles. The van der Waals surface area contributed by atoms with Crippen LogP contribution in [0.1, 0.15) is 24.2 Å². The van der Waals surface area contributed by atoms with Crippen molar-refractivity contribution in [1.29, 1.82) is 0 Å². The highest BCUT2D eigenvalue weighted by atomic mass is 16.5. The van der Waals surface area contributed by atoms with E-state index in [2.05, 4.69) is 9.97 Å².